The summed E-state index contributed by atoms with van der Waals surface area (Å²) in [5.74, 6) is 0. The molecule has 1 aliphatic carbocycles. The van der Waals surface area contributed by atoms with Gasteiger partial charge in [0.25, 0.3) is 0 Å². The van der Waals surface area contributed by atoms with Crippen LogP contribution >= 0.6 is 0 Å². The van der Waals surface area contributed by atoms with Crippen molar-refractivity contribution in [2.45, 2.75) is 58.0 Å². The molecular formula is C17H28N2. The fourth-order valence-corrected chi connectivity index (χ4v) is 2.51. The molecule has 0 aromatic heterocycles. The van der Waals surface area contributed by atoms with Crippen LogP contribution in [0.4, 0.5) is 0 Å². The van der Waals surface area contributed by atoms with Crippen LogP contribution in [0.2, 0.25) is 0 Å². The molecule has 2 rings (SSSR count). The molecule has 1 saturated carbocycles. The number of rotatable bonds is 6. The Morgan fingerprint density at radius 3 is 2.37 bits per heavy atom. The van der Waals surface area contributed by atoms with E-state index in [9.17, 15) is 0 Å². The van der Waals surface area contributed by atoms with Crippen LogP contribution in [0, 0.1) is 5.41 Å². The summed E-state index contributed by atoms with van der Waals surface area (Å²) in [5.41, 5.74) is 8.02. The van der Waals surface area contributed by atoms with Gasteiger partial charge in [-0.1, -0.05) is 51.1 Å². The van der Waals surface area contributed by atoms with Gasteiger partial charge in [0.15, 0.2) is 0 Å². The van der Waals surface area contributed by atoms with Gasteiger partial charge in [0.2, 0.25) is 0 Å². The molecular weight excluding hydrogens is 232 g/mol. The minimum absolute atomic E-state index is 0.149. The lowest BCUT2D eigenvalue weighted by Gasteiger charge is -2.28. The van der Waals surface area contributed by atoms with Crippen LogP contribution in [0.25, 0.3) is 0 Å². The van der Waals surface area contributed by atoms with Gasteiger partial charge in [-0.2, -0.15) is 0 Å². The smallest absolute Gasteiger partial charge is 0.0325 e. The zero-order chi connectivity index (χ0) is 13.9. The second-order valence-corrected chi connectivity index (χ2v) is 7.29. The lowest BCUT2D eigenvalue weighted by atomic mass is 9.85. The SMILES string of the molecule is CC(C)(C)CC(NCCC1(N)CC1)c1ccccc1. The van der Waals surface area contributed by atoms with Gasteiger partial charge in [0.05, 0.1) is 0 Å². The Morgan fingerprint density at radius 2 is 1.84 bits per heavy atom. The highest BCUT2D eigenvalue weighted by molar-refractivity contribution is 5.19. The summed E-state index contributed by atoms with van der Waals surface area (Å²) in [5, 5.41) is 3.71. The maximum atomic E-state index is 6.16. The highest BCUT2D eigenvalue weighted by Crippen LogP contribution is 2.35. The van der Waals surface area contributed by atoms with Crippen LogP contribution in [0.3, 0.4) is 0 Å². The van der Waals surface area contributed by atoms with E-state index in [1.54, 1.807) is 0 Å². The summed E-state index contributed by atoms with van der Waals surface area (Å²) in [6, 6.07) is 11.2. The number of hydrogen-bond acceptors (Lipinski definition) is 2. The van der Waals surface area contributed by atoms with Crippen LogP contribution in [0.1, 0.15) is 58.1 Å². The first kappa shape index (κ1) is 14.5. The number of nitrogens with two attached hydrogens (primary N) is 1. The summed E-state index contributed by atoms with van der Waals surface area (Å²) in [4.78, 5) is 0. The van der Waals surface area contributed by atoms with Gasteiger partial charge in [0.1, 0.15) is 0 Å². The maximum Gasteiger partial charge on any atom is 0.0325 e. The number of benzene rings is 1. The Balaban J connectivity index is 1.93. The molecule has 2 heteroatoms. The number of nitrogens with one attached hydrogen (secondary N) is 1. The molecule has 0 amide bonds. The first-order valence-electron chi connectivity index (χ1n) is 7.45. The van der Waals surface area contributed by atoms with Crippen molar-refractivity contribution >= 4 is 0 Å². The van der Waals surface area contributed by atoms with Crippen molar-refractivity contribution in [3.63, 3.8) is 0 Å². The monoisotopic (exact) mass is 260 g/mol. The van der Waals surface area contributed by atoms with Crippen molar-refractivity contribution in [3.8, 4) is 0 Å². The lowest BCUT2D eigenvalue weighted by molar-refractivity contribution is 0.308. The normalized spacial score (nSPS) is 19.2. The zero-order valence-corrected chi connectivity index (χ0v) is 12.6. The predicted octanol–water partition coefficient (Wildman–Crippen LogP) is 3.63. The second-order valence-electron chi connectivity index (χ2n) is 7.29. The Hall–Kier alpha value is -0.860. The van der Waals surface area contributed by atoms with Gasteiger partial charge < -0.3 is 11.1 Å². The third-order valence-electron chi connectivity index (χ3n) is 3.92. The van der Waals surface area contributed by atoms with Crippen LogP contribution < -0.4 is 11.1 Å². The molecule has 1 atom stereocenters. The lowest BCUT2D eigenvalue weighted by Crippen LogP contribution is -2.32. The summed E-state index contributed by atoms with van der Waals surface area (Å²) in [6.45, 7) is 7.92. The van der Waals surface area contributed by atoms with Gasteiger partial charge >= 0.3 is 0 Å². The zero-order valence-electron chi connectivity index (χ0n) is 12.6. The van der Waals surface area contributed by atoms with Crippen LogP contribution in [-0.4, -0.2) is 12.1 Å². The molecule has 1 aliphatic rings. The van der Waals surface area contributed by atoms with E-state index in [2.05, 4.69) is 56.4 Å². The van der Waals surface area contributed by atoms with E-state index in [0.717, 1.165) is 19.4 Å². The molecule has 19 heavy (non-hydrogen) atoms. The van der Waals surface area contributed by atoms with E-state index in [-0.39, 0.29) is 5.54 Å². The van der Waals surface area contributed by atoms with Crippen molar-refractivity contribution in [1.82, 2.24) is 5.32 Å². The van der Waals surface area contributed by atoms with E-state index >= 15 is 0 Å². The maximum absolute atomic E-state index is 6.16. The fraction of sp³-hybridized carbons (Fsp3) is 0.647. The molecule has 1 unspecified atom stereocenters. The van der Waals surface area contributed by atoms with E-state index < -0.39 is 0 Å². The summed E-state index contributed by atoms with van der Waals surface area (Å²) in [7, 11) is 0. The molecule has 3 N–H and O–H groups in total. The molecule has 2 nitrogen and oxygen atoms in total. The van der Waals surface area contributed by atoms with Gasteiger partial charge in [-0.3, -0.25) is 0 Å². The Morgan fingerprint density at radius 1 is 1.21 bits per heavy atom. The van der Waals surface area contributed by atoms with Crippen molar-refractivity contribution in [2.24, 2.45) is 11.1 Å². The Labute approximate surface area is 117 Å². The molecule has 0 bridgehead atoms. The quantitative estimate of drug-likeness (QED) is 0.819. The third kappa shape index (κ3) is 4.96. The minimum atomic E-state index is 0.149. The van der Waals surface area contributed by atoms with Crippen LogP contribution in [-0.2, 0) is 0 Å². The molecule has 1 fully saturated rings. The van der Waals surface area contributed by atoms with E-state index in [1.165, 1.54) is 18.4 Å². The molecule has 0 aliphatic heterocycles. The Kier molecular flexibility index (Phi) is 4.32. The van der Waals surface area contributed by atoms with Gasteiger partial charge in [-0.15, -0.1) is 0 Å². The van der Waals surface area contributed by atoms with Gasteiger partial charge in [0, 0.05) is 11.6 Å². The summed E-state index contributed by atoms with van der Waals surface area (Å²) in [6.07, 6.45) is 4.64. The van der Waals surface area contributed by atoms with Crippen molar-refractivity contribution in [3.05, 3.63) is 35.9 Å². The molecule has 1 aromatic rings. The summed E-state index contributed by atoms with van der Waals surface area (Å²) < 4.78 is 0. The molecule has 0 saturated heterocycles. The molecule has 1 aromatic carbocycles. The Bertz CT molecular complexity index is 387. The topological polar surface area (TPSA) is 38.0 Å². The standard InChI is InChI=1S/C17H28N2/c1-16(2,3)13-15(14-7-5-4-6-8-14)19-12-11-17(18)9-10-17/h4-8,15,19H,9-13,18H2,1-3H3. The average Bonchev–Trinajstić information content (AvgIpc) is 3.06. The first-order valence-corrected chi connectivity index (χ1v) is 7.45. The average molecular weight is 260 g/mol. The fourth-order valence-electron chi connectivity index (χ4n) is 2.51. The van der Waals surface area contributed by atoms with Crippen molar-refractivity contribution < 1.29 is 0 Å². The molecule has 0 spiro atoms. The number of hydrogen-bond donors (Lipinski definition) is 2. The highest BCUT2D eigenvalue weighted by atomic mass is 14.9. The minimum Gasteiger partial charge on any atom is -0.325 e. The van der Waals surface area contributed by atoms with Gasteiger partial charge in [-0.05, 0) is 43.2 Å². The molecule has 0 radical (unpaired) electrons. The van der Waals surface area contributed by atoms with Gasteiger partial charge in [-0.25, -0.2) is 0 Å². The molecule has 106 valence electrons. The van der Waals surface area contributed by atoms with E-state index in [4.69, 9.17) is 5.73 Å². The second kappa shape index (κ2) is 5.64. The van der Waals surface area contributed by atoms with E-state index in [1.807, 2.05) is 0 Å². The van der Waals surface area contributed by atoms with Crippen LogP contribution in [0.5, 0.6) is 0 Å². The van der Waals surface area contributed by atoms with Crippen LogP contribution in [0.15, 0.2) is 30.3 Å². The largest absolute Gasteiger partial charge is 0.325 e. The third-order valence-corrected chi connectivity index (χ3v) is 3.92. The van der Waals surface area contributed by atoms with Crippen molar-refractivity contribution in [1.29, 1.82) is 0 Å². The predicted molar refractivity (Wildman–Crippen MR) is 82.0 cm³/mol. The van der Waals surface area contributed by atoms with E-state index in [0.29, 0.717) is 11.5 Å². The summed E-state index contributed by atoms with van der Waals surface area (Å²) >= 11 is 0. The van der Waals surface area contributed by atoms with Crippen molar-refractivity contribution in [2.75, 3.05) is 6.54 Å². The first-order chi connectivity index (χ1) is 8.88. The molecule has 0 heterocycles. The highest BCUT2D eigenvalue weighted by Gasteiger charge is 2.37.